The van der Waals surface area contributed by atoms with Gasteiger partial charge in [0.1, 0.15) is 6.54 Å². The number of hydrogen-bond acceptors (Lipinski definition) is 2. The molecule has 0 aliphatic carbocycles. The Kier molecular flexibility index (Phi) is 6.16. The van der Waals surface area contributed by atoms with Gasteiger partial charge in [0.15, 0.2) is 0 Å². The van der Waals surface area contributed by atoms with Crippen LogP contribution in [0.2, 0.25) is 0 Å². The predicted molar refractivity (Wildman–Crippen MR) is 71.9 cm³/mol. The van der Waals surface area contributed by atoms with Gasteiger partial charge in [0.05, 0.1) is 6.67 Å². The fourth-order valence-corrected chi connectivity index (χ4v) is 2.39. The first-order valence-electron chi connectivity index (χ1n) is 7.12. The van der Waals surface area contributed by atoms with Crippen LogP contribution < -0.4 is 0 Å². The van der Waals surface area contributed by atoms with E-state index in [1.807, 2.05) is 0 Å². The summed E-state index contributed by atoms with van der Waals surface area (Å²) in [5.41, 5.74) is 0. The van der Waals surface area contributed by atoms with Gasteiger partial charge in [-0.05, 0) is 12.8 Å². The highest BCUT2D eigenvalue weighted by Crippen LogP contribution is 2.19. The minimum atomic E-state index is 0.0455. The number of carbonyl (C=O) groups excluding carboxylic acids is 2. The Bertz CT molecular complexity index is 292. The third-order valence-corrected chi connectivity index (χ3v) is 3.69. The van der Waals surface area contributed by atoms with Crippen molar-refractivity contribution in [2.45, 2.75) is 52.4 Å². The van der Waals surface area contributed by atoms with Crippen molar-refractivity contribution >= 4 is 11.8 Å². The molecular weight excluding hydrogens is 228 g/mol. The maximum Gasteiger partial charge on any atom is 0.243 e. The lowest BCUT2D eigenvalue weighted by atomic mass is 9.97. The van der Waals surface area contributed by atoms with Crippen LogP contribution in [0, 0.1) is 5.92 Å². The quantitative estimate of drug-likeness (QED) is 0.654. The van der Waals surface area contributed by atoms with Gasteiger partial charge in [-0.3, -0.25) is 9.59 Å². The largest absolute Gasteiger partial charge is 0.326 e. The maximum atomic E-state index is 12.3. The smallest absolute Gasteiger partial charge is 0.243 e. The Balaban J connectivity index is 2.40. The van der Waals surface area contributed by atoms with Crippen LogP contribution in [0.5, 0.6) is 0 Å². The molecule has 0 spiro atoms. The number of rotatable bonds is 7. The number of unbranched alkanes of at least 4 members (excludes halogenated alkanes) is 3. The van der Waals surface area contributed by atoms with Gasteiger partial charge >= 0.3 is 0 Å². The first-order chi connectivity index (χ1) is 8.60. The van der Waals surface area contributed by atoms with Crippen molar-refractivity contribution in [1.29, 1.82) is 0 Å². The molecule has 0 aromatic carbocycles. The van der Waals surface area contributed by atoms with Crippen molar-refractivity contribution in [3.63, 3.8) is 0 Å². The minimum absolute atomic E-state index is 0.0455. The zero-order valence-electron chi connectivity index (χ0n) is 11.9. The Labute approximate surface area is 110 Å². The van der Waals surface area contributed by atoms with Gasteiger partial charge in [0.2, 0.25) is 11.8 Å². The molecular formula is C14H26N2O2. The molecule has 0 saturated carbocycles. The van der Waals surface area contributed by atoms with E-state index < -0.39 is 0 Å². The van der Waals surface area contributed by atoms with Crippen LogP contribution in [-0.4, -0.2) is 41.9 Å². The molecule has 4 nitrogen and oxygen atoms in total. The van der Waals surface area contributed by atoms with Gasteiger partial charge in [-0.2, -0.15) is 0 Å². The predicted octanol–water partition coefficient (Wildman–Crippen LogP) is 2.24. The van der Waals surface area contributed by atoms with E-state index in [2.05, 4.69) is 13.8 Å². The summed E-state index contributed by atoms with van der Waals surface area (Å²) in [4.78, 5) is 27.0. The Morgan fingerprint density at radius 1 is 1.28 bits per heavy atom. The molecule has 18 heavy (non-hydrogen) atoms. The number of nitrogens with zero attached hydrogens (tertiary/aromatic N) is 2. The van der Waals surface area contributed by atoms with Crippen molar-refractivity contribution in [1.82, 2.24) is 9.80 Å². The van der Waals surface area contributed by atoms with Crippen LogP contribution in [0.1, 0.15) is 52.4 Å². The third kappa shape index (κ3) is 4.00. The van der Waals surface area contributed by atoms with E-state index in [0.29, 0.717) is 6.67 Å². The molecule has 1 atom stereocenters. The highest BCUT2D eigenvalue weighted by molar-refractivity contribution is 5.88. The van der Waals surface area contributed by atoms with Gasteiger partial charge in [-0.25, -0.2) is 0 Å². The van der Waals surface area contributed by atoms with E-state index in [-0.39, 0.29) is 24.3 Å². The highest BCUT2D eigenvalue weighted by atomic mass is 16.2. The van der Waals surface area contributed by atoms with E-state index in [1.54, 1.807) is 16.8 Å². The first-order valence-corrected chi connectivity index (χ1v) is 7.12. The molecule has 1 saturated heterocycles. The molecule has 0 unspecified atom stereocenters. The Morgan fingerprint density at radius 3 is 2.50 bits per heavy atom. The number of likely N-dealkylation sites (N-methyl/N-ethyl adjacent to an activating group) is 1. The van der Waals surface area contributed by atoms with Gasteiger partial charge < -0.3 is 9.80 Å². The van der Waals surface area contributed by atoms with Crippen LogP contribution >= 0.6 is 0 Å². The molecule has 0 aromatic heterocycles. The van der Waals surface area contributed by atoms with Crippen molar-refractivity contribution in [2.75, 3.05) is 20.3 Å². The van der Waals surface area contributed by atoms with Crippen molar-refractivity contribution < 1.29 is 9.59 Å². The van der Waals surface area contributed by atoms with E-state index in [4.69, 9.17) is 0 Å². The molecule has 1 heterocycles. The Morgan fingerprint density at radius 2 is 2.00 bits per heavy atom. The molecule has 1 rings (SSSR count). The molecule has 4 heteroatoms. The standard InChI is InChI=1S/C14H26N2O2/c1-4-6-7-8-9-12(5-2)14(18)16-10-13(17)15(3)11-16/h12H,4-11H2,1-3H3/t12-/m0/s1. The van der Waals surface area contributed by atoms with Crippen molar-refractivity contribution in [3.8, 4) is 0 Å². The second kappa shape index (κ2) is 7.39. The normalized spacial score (nSPS) is 17.4. The van der Waals surface area contributed by atoms with Crippen LogP contribution in [0.25, 0.3) is 0 Å². The topological polar surface area (TPSA) is 40.6 Å². The maximum absolute atomic E-state index is 12.3. The molecule has 104 valence electrons. The van der Waals surface area contributed by atoms with Gasteiger partial charge in [0, 0.05) is 13.0 Å². The second-order valence-electron chi connectivity index (χ2n) is 5.22. The summed E-state index contributed by atoms with van der Waals surface area (Å²) < 4.78 is 0. The lowest BCUT2D eigenvalue weighted by molar-refractivity contribution is -0.136. The fourth-order valence-electron chi connectivity index (χ4n) is 2.39. The number of carbonyl (C=O) groups is 2. The fraction of sp³-hybridized carbons (Fsp3) is 0.857. The monoisotopic (exact) mass is 254 g/mol. The van der Waals surface area contributed by atoms with E-state index in [1.165, 1.54) is 19.3 Å². The molecule has 0 bridgehead atoms. The molecule has 0 aromatic rings. The number of amides is 2. The van der Waals surface area contributed by atoms with Crippen molar-refractivity contribution in [3.05, 3.63) is 0 Å². The average molecular weight is 254 g/mol. The van der Waals surface area contributed by atoms with Crippen molar-refractivity contribution in [2.24, 2.45) is 5.92 Å². The van der Waals surface area contributed by atoms with Crippen LogP contribution in [0.3, 0.4) is 0 Å². The molecule has 0 radical (unpaired) electrons. The zero-order chi connectivity index (χ0) is 13.5. The van der Waals surface area contributed by atoms with Crippen LogP contribution in [0.15, 0.2) is 0 Å². The summed E-state index contributed by atoms with van der Waals surface area (Å²) in [7, 11) is 1.75. The highest BCUT2D eigenvalue weighted by Gasteiger charge is 2.31. The molecule has 0 N–H and O–H groups in total. The summed E-state index contributed by atoms with van der Waals surface area (Å²) >= 11 is 0. The average Bonchev–Trinajstić information content (AvgIpc) is 2.69. The van der Waals surface area contributed by atoms with Gasteiger partial charge in [-0.15, -0.1) is 0 Å². The summed E-state index contributed by atoms with van der Waals surface area (Å²) in [6, 6.07) is 0. The lowest BCUT2D eigenvalue weighted by Gasteiger charge is -2.21. The summed E-state index contributed by atoms with van der Waals surface area (Å²) in [6.45, 7) is 4.97. The minimum Gasteiger partial charge on any atom is -0.326 e. The van der Waals surface area contributed by atoms with E-state index in [9.17, 15) is 9.59 Å². The third-order valence-electron chi connectivity index (χ3n) is 3.69. The summed E-state index contributed by atoms with van der Waals surface area (Å²) in [6.07, 6.45) is 6.63. The van der Waals surface area contributed by atoms with Gasteiger partial charge in [-0.1, -0.05) is 39.5 Å². The zero-order valence-corrected chi connectivity index (χ0v) is 11.9. The van der Waals surface area contributed by atoms with E-state index >= 15 is 0 Å². The van der Waals surface area contributed by atoms with E-state index in [0.717, 1.165) is 19.3 Å². The molecule has 1 aliphatic heterocycles. The first kappa shape index (κ1) is 15.0. The van der Waals surface area contributed by atoms with Crippen LogP contribution in [-0.2, 0) is 9.59 Å². The number of hydrogen-bond donors (Lipinski definition) is 0. The summed E-state index contributed by atoms with van der Waals surface area (Å²) in [5.74, 6) is 0.303. The second-order valence-corrected chi connectivity index (χ2v) is 5.22. The van der Waals surface area contributed by atoms with Gasteiger partial charge in [0.25, 0.3) is 0 Å². The van der Waals surface area contributed by atoms with Crippen LogP contribution in [0.4, 0.5) is 0 Å². The summed E-state index contributed by atoms with van der Waals surface area (Å²) in [5, 5.41) is 0. The lowest BCUT2D eigenvalue weighted by Crippen LogP contribution is -2.35. The molecule has 2 amide bonds. The SMILES string of the molecule is CCCCCC[C@H](CC)C(=O)N1CC(=O)N(C)C1. The Hall–Kier alpha value is -1.06. The molecule has 1 aliphatic rings. The molecule has 1 fully saturated rings.